The molecule has 6 heteroatoms. The van der Waals surface area contributed by atoms with Gasteiger partial charge in [-0.25, -0.2) is 4.98 Å². The van der Waals surface area contributed by atoms with Gasteiger partial charge < -0.3 is 5.32 Å². The SMILES string of the molecule is N#CC1(CC(=O)CNC(=O)Cc2nc3cc(CCc4ccccc4)ccc3s2)CC1. The number of nitrogens with zero attached hydrogens (tertiary/aromatic N) is 2. The van der Waals surface area contributed by atoms with Crippen LogP contribution in [0.25, 0.3) is 10.2 Å². The van der Waals surface area contributed by atoms with E-state index in [9.17, 15) is 9.59 Å². The zero-order valence-electron chi connectivity index (χ0n) is 16.7. The number of nitriles is 1. The largest absolute Gasteiger partial charge is 0.349 e. The van der Waals surface area contributed by atoms with Crippen molar-refractivity contribution in [3.8, 4) is 6.07 Å². The summed E-state index contributed by atoms with van der Waals surface area (Å²) < 4.78 is 1.06. The van der Waals surface area contributed by atoms with Gasteiger partial charge in [-0.2, -0.15) is 5.26 Å². The van der Waals surface area contributed by atoms with Crippen LogP contribution >= 0.6 is 11.3 Å². The second-order valence-electron chi connectivity index (χ2n) is 7.96. The molecule has 0 unspecified atom stereocenters. The van der Waals surface area contributed by atoms with Gasteiger partial charge in [-0.15, -0.1) is 11.3 Å². The lowest BCUT2D eigenvalue weighted by molar-refractivity contribution is -0.125. The lowest BCUT2D eigenvalue weighted by atomic mass is 10.0. The number of benzene rings is 2. The maximum atomic E-state index is 12.2. The van der Waals surface area contributed by atoms with Gasteiger partial charge in [-0.3, -0.25) is 9.59 Å². The van der Waals surface area contributed by atoms with E-state index in [0.29, 0.717) is 0 Å². The first-order valence-corrected chi connectivity index (χ1v) is 11.0. The summed E-state index contributed by atoms with van der Waals surface area (Å²) in [5.74, 6) is -0.303. The second-order valence-corrected chi connectivity index (χ2v) is 9.07. The molecule has 1 aliphatic rings. The minimum absolute atomic E-state index is 0.0171. The van der Waals surface area contributed by atoms with Crippen molar-refractivity contribution < 1.29 is 9.59 Å². The van der Waals surface area contributed by atoms with Gasteiger partial charge in [0.15, 0.2) is 5.78 Å². The first-order valence-electron chi connectivity index (χ1n) is 10.2. The van der Waals surface area contributed by atoms with Crippen molar-refractivity contribution in [3.63, 3.8) is 0 Å². The fraction of sp³-hybridized carbons (Fsp3) is 0.333. The molecule has 1 fully saturated rings. The number of aromatic nitrogens is 1. The highest BCUT2D eigenvalue weighted by molar-refractivity contribution is 7.18. The van der Waals surface area contributed by atoms with Gasteiger partial charge in [-0.05, 0) is 48.9 Å². The predicted molar refractivity (Wildman–Crippen MR) is 117 cm³/mol. The number of amides is 1. The lowest BCUT2D eigenvalue weighted by Gasteiger charge is -2.06. The number of Topliss-reactive ketones (excluding diaryl/α,β-unsaturated/α-hetero) is 1. The van der Waals surface area contributed by atoms with Crippen LogP contribution in [0.2, 0.25) is 0 Å². The minimum Gasteiger partial charge on any atom is -0.349 e. The number of fused-ring (bicyclic) bond motifs is 1. The maximum absolute atomic E-state index is 12.2. The van der Waals surface area contributed by atoms with Crippen LogP contribution in [0.1, 0.15) is 35.4 Å². The number of nitrogens with one attached hydrogen (secondary N) is 1. The van der Waals surface area contributed by atoms with Crippen molar-refractivity contribution in [3.05, 3.63) is 64.7 Å². The molecule has 4 rings (SSSR count). The van der Waals surface area contributed by atoms with E-state index in [-0.39, 0.29) is 31.1 Å². The number of aryl methyl sites for hydroxylation is 2. The molecule has 2 aromatic carbocycles. The van der Waals surface area contributed by atoms with Gasteiger partial charge in [0.05, 0.1) is 34.7 Å². The number of rotatable bonds is 9. The Morgan fingerprint density at radius 2 is 1.87 bits per heavy atom. The Balaban J connectivity index is 1.30. The van der Waals surface area contributed by atoms with Gasteiger partial charge in [0.1, 0.15) is 5.01 Å². The molecule has 3 aromatic rings. The van der Waals surface area contributed by atoms with E-state index in [1.807, 2.05) is 6.07 Å². The number of carbonyl (C=O) groups excluding carboxylic acids is 2. The van der Waals surface area contributed by atoms with Crippen LogP contribution in [0.5, 0.6) is 0 Å². The molecular formula is C24H23N3O2S. The van der Waals surface area contributed by atoms with Crippen molar-refractivity contribution in [1.82, 2.24) is 10.3 Å². The summed E-state index contributed by atoms with van der Waals surface area (Å²) >= 11 is 1.51. The average molecular weight is 418 g/mol. The highest BCUT2D eigenvalue weighted by Crippen LogP contribution is 2.48. The average Bonchev–Trinajstić information content (AvgIpc) is 3.41. The number of thiazole rings is 1. The first-order chi connectivity index (χ1) is 14.5. The molecule has 1 N–H and O–H groups in total. The number of hydrogen-bond acceptors (Lipinski definition) is 5. The highest BCUT2D eigenvalue weighted by Gasteiger charge is 2.44. The molecular weight excluding hydrogens is 394 g/mol. The van der Waals surface area contributed by atoms with Gasteiger partial charge in [0.25, 0.3) is 0 Å². The Kier molecular flexibility index (Phi) is 5.91. The fourth-order valence-corrected chi connectivity index (χ4v) is 4.45. The summed E-state index contributed by atoms with van der Waals surface area (Å²) in [5, 5.41) is 12.5. The molecule has 1 heterocycles. The van der Waals surface area contributed by atoms with Gasteiger partial charge in [0, 0.05) is 6.42 Å². The quantitative estimate of drug-likeness (QED) is 0.570. The van der Waals surface area contributed by atoms with Crippen LogP contribution in [-0.2, 0) is 28.9 Å². The van der Waals surface area contributed by atoms with Crippen molar-refractivity contribution >= 4 is 33.2 Å². The second kappa shape index (κ2) is 8.76. The Hall–Kier alpha value is -3.04. The Morgan fingerprint density at radius 3 is 2.60 bits per heavy atom. The number of carbonyl (C=O) groups is 2. The molecule has 0 atom stereocenters. The fourth-order valence-electron chi connectivity index (χ4n) is 3.50. The van der Waals surface area contributed by atoms with Crippen molar-refractivity contribution in [1.29, 1.82) is 5.26 Å². The predicted octanol–water partition coefficient (Wildman–Crippen LogP) is 4.00. The van der Waals surface area contributed by atoms with Crippen molar-refractivity contribution in [2.75, 3.05) is 6.54 Å². The molecule has 152 valence electrons. The lowest BCUT2D eigenvalue weighted by Crippen LogP contribution is -2.31. The van der Waals surface area contributed by atoms with Gasteiger partial charge in [0.2, 0.25) is 5.91 Å². The zero-order valence-corrected chi connectivity index (χ0v) is 17.5. The molecule has 1 amide bonds. The number of hydrogen-bond donors (Lipinski definition) is 1. The molecule has 30 heavy (non-hydrogen) atoms. The van der Waals surface area contributed by atoms with Crippen molar-refractivity contribution in [2.24, 2.45) is 5.41 Å². The van der Waals surface area contributed by atoms with E-state index < -0.39 is 5.41 Å². The van der Waals surface area contributed by atoms with E-state index in [4.69, 9.17) is 5.26 Å². The first kappa shape index (κ1) is 20.2. The third-order valence-electron chi connectivity index (χ3n) is 5.46. The molecule has 0 saturated heterocycles. The molecule has 0 spiro atoms. The topological polar surface area (TPSA) is 82.9 Å². The summed E-state index contributed by atoms with van der Waals surface area (Å²) in [4.78, 5) is 28.8. The summed E-state index contributed by atoms with van der Waals surface area (Å²) in [6.07, 6.45) is 3.88. The minimum atomic E-state index is -0.465. The molecule has 5 nitrogen and oxygen atoms in total. The third kappa shape index (κ3) is 5.11. The Bertz CT molecular complexity index is 1110. The maximum Gasteiger partial charge on any atom is 0.227 e. The summed E-state index contributed by atoms with van der Waals surface area (Å²) in [7, 11) is 0. The van der Waals surface area contributed by atoms with E-state index in [2.05, 4.69) is 58.8 Å². The molecule has 1 aliphatic carbocycles. The zero-order chi connectivity index (χ0) is 21.0. The van der Waals surface area contributed by atoms with Gasteiger partial charge in [-0.1, -0.05) is 36.4 Å². The van der Waals surface area contributed by atoms with Crippen molar-refractivity contribution in [2.45, 2.75) is 38.5 Å². The van der Waals surface area contributed by atoms with Crippen LogP contribution < -0.4 is 5.32 Å². The van der Waals surface area contributed by atoms with Crippen LogP contribution in [-0.4, -0.2) is 23.2 Å². The molecule has 0 radical (unpaired) electrons. The highest BCUT2D eigenvalue weighted by atomic mass is 32.1. The van der Waals surface area contributed by atoms with Crippen LogP contribution in [0, 0.1) is 16.7 Å². The molecule has 1 saturated carbocycles. The standard InChI is InChI=1S/C24H23N3O2S/c25-16-24(10-11-24)14-19(28)15-26-22(29)13-23-27-20-12-18(8-9-21(20)30-23)7-6-17-4-2-1-3-5-17/h1-5,8-9,12H,6-7,10-11,13-15H2,(H,26,29). The third-order valence-corrected chi connectivity index (χ3v) is 6.50. The Labute approximate surface area is 179 Å². The normalized spacial score (nSPS) is 14.2. The van der Waals surface area contributed by atoms with E-state index >= 15 is 0 Å². The molecule has 0 bridgehead atoms. The molecule has 0 aliphatic heterocycles. The number of ketones is 1. The van der Waals surface area contributed by atoms with E-state index in [1.54, 1.807) is 0 Å². The summed E-state index contributed by atoms with van der Waals surface area (Å²) in [6, 6.07) is 18.9. The summed E-state index contributed by atoms with van der Waals surface area (Å²) in [5.41, 5.74) is 2.98. The monoisotopic (exact) mass is 417 g/mol. The van der Waals surface area contributed by atoms with Crippen LogP contribution in [0.3, 0.4) is 0 Å². The van der Waals surface area contributed by atoms with Gasteiger partial charge >= 0.3 is 0 Å². The van der Waals surface area contributed by atoms with E-state index in [0.717, 1.165) is 40.9 Å². The van der Waals surface area contributed by atoms with Crippen LogP contribution in [0.4, 0.5) is 0 Å². The smallest absolute Gasteiger partial charge is 0.227 e. The Morgan fingerprint density at radius 1 is 1.10 bits per heavy atom. The molecule has 1 aromatic heterocycles. The van der Waals surface area contributed by atoms with E-state index in [1.165, 1.54) is 22.5 Å². The summed E-state index contributed by atoms with van der Waals surface area (Å²) in [6.45, 7) is -0.0171. The van der Waals surface area contributed by atoms with Crippen LogP contribution in [0.15, 0.2) is 48.5 Å².